The molecule has 486 valence electrons. The first-order valence-corrected chi connectivity index (χ1v) is 27.8. The van der Waals surface area contributed by atoms with Crippen molar-refractivity contribution < 1.29 is 97.5 Å². The average molecular weight is 1220 g/mol. The van der Waals surface area contributed by atoms with Crippen LogP contribution in [0.2, 0.25) is 0 Å². The third-order valence-corrected chi connectivity index (χ3v) is 11.2. The lowest BCUT2D eigenvalue weighted by molar-refractivity contribution is -0.183. The summed E-state index contributed by atoms with van der Waals surface area (Å²) in [5, 5.41) is 0. The second-order valence-corrected chi connectivity index (χ2v) is 22.5. The van der Waals surface area contributed by atoms with Crippen molar-refractivity contribution in [2.24, 2.45) is 23.2 Å². The van der Waals surface area contributed by atoms with Gasteiger partial charge in [0.05, 0.1) is 12.7 Å². The fraction of sp³-hybridized carbons (Fsp3) is 0.667. The zero-order valence-corrected chi connectivity index (χ0v) is 53.3. The lowest BCUT2D eigenvalue weighted by atomic mass is 9.72. The van der Waals surface area contributed by atoms with Gasteiger partial charge in [0.2, 0.25) is 0 Å². The molecule has 0 bridgehead atoms. The van der Waals surface area contributed by atoms with E-state index in [-0.39, 0.29) is 65.4 Å². The topological polar surface area (TPSA) is 184 Å². The number of esters is 7. The molecular weight excluding hydrogens is 1110 g/mol. The van der Waals surface area contributed by atoms with E-state index in [0.717, 1.165) is 57.3 Å². The Balaban J connectivity index is -0.000000291. The quantitative estimate of drug-likeness (QED) is 0.0369. The van der Waals surface area contributed by atoms with Crippen LogP contribution in [0.3, 0.4) is 0 Å². The number of hydrogen-bond donors (Lipinski definition) is 0. The van der Waals surface area contributed by atoms with Gasteiger partial charge in [0.15, 0.2) is 13.2 Å². The number of rotatable bonds is 20. The molecule has 0 radical (unpaired) electrons. The summed E-state index contributed by atoms with van der Waals surface area (Å²) in [6.45, 7) is 52.7. The Morgan fingerprint density at radius 1 is 0.464 bits per heavy atom. The Bertz CT molecular complexity index is 2100. The van der Waals surface area contributed by atoms with Gasteiger partial charge < -0.3 is 33.2 Å². The molecule has 2 saturated carbocycles. The van der Waals surface area contributed by atoms with E-state index >= 15 is 0 Å². The van der Waals surface area contributed by atoms with Gasteiger partial charge in [-0.1, -0.05) is 114 Å². The van der Waals surface area contributed by atoms with E-state index in [1.54, 1.807) is 48.5 Å². The van der Waals surface area contributed by atoms with Gasteiger partial charge in [-0.2, -0.15) is 22.0 Å². The molecule has 14 nitrogen and oxygen atoms in total. The monoisotopic (exact) mass is 1210 g/mol. The Morgan fingerprint density at radius 3 is 1.08 bits per heavy atom. The molecule has 2 aliphatic carbocycles. The van der Waals surface area contributed by atoms with Gasteiger partial charge in [0, 0.05) is 39.0 Å². The highest BCUT2D eigenvalue weighted by molar-refractivity contribution is 5.89. The van der Waals surface area contributed by atoms with Crippen molar-refractivity contribution in [3.63, 3.8) is 0 Å². The van der Waals surface area contributed by atoms with E-state index in [4.69, 9.17) is 23.7 Å². The van der Waals surface area contributed by atoms with Gasteiger partial charge in [-0.3, -0.25) is 0 Å². The van der Waals surface area contributed by atoms with Crippen LogP contribution in [0.15, 0.2) is 85.1 Å². The van der Waals surface area contributed by atoms with E-state index < -0.39 is 43.7 Å². The Kier molecular flexibility index (Phi) is 46.9. The lowest BCUT2D eigenvalue weighted by Crippen LogP contribution is -2.33. The molecule has 2 aliphatic rings. The van der Waals surface area contributed by atoms with Gasteiger partial charge in [0.1, 0.15) is 18.3 Å². The summed E-state index contributed by atoms with van der Waals surface area (Å²) in [6.07, 6.45) is 3.92. The van der Waals surface area contributed by atoms with Gasteiger partial charge >= 0.3 is 60.3 Å². The van der Waals surface area contributed by atoms with Crippen LogP contribution in [0.4, 0.5) is 30.7 Å². The summed E-state index contributed by atoms with van der Waals surface area (Å²) >= 11 is 0. The van der Waals surface area contributed by atoms with Crippen LogP contribution in [-0.4, -0.2) is 105 Å². The van der Waals surface area contributed by atoms with Crippen molar-refractivity contribution in [1.82, 2.24) is 0 Å². The smallest absolute Gasteiger partial charge is 0.422 e. The maximum atomic E-state index is 12.1. The number of alkyl halides is 7. The molecule has 2 fully saturated rings. The molecule has 0 saturated heterocycles. The van der Waals surface area contributed by atoms with Crippen molar-refractivity contribution in [1.29, 1.82) is 0 Å². The van der Waals surface area contributed by atoms with Gasteiger partial charge in [-0.15, -0.1) is 0 Å². The van der Waals surface area contributed by atoms with Crippen molar-refractivity contribution in [2.75, 3.05) is 19.8 Å². The molecular formula is C63H101F7O14. The fourth-order valence-corrected chi connectivity index (χ4v) is 6.37. The molecule has 0 aromatic carbocycles. The van der Waals surface area contributed by atoms with Crippen LogP contribution >= 0.6 is 0 Å². The van der Waals surface area contributed by atoms with Crippen molar-refractivity contribution >= 4 is 41.8 Å². The van der Waals surface area contributed by atoms with Crippen molar-refractivity contribution in [3.8, 4) is 0 Å². The van der Waals surface area contributed by atoms with Gasteiger partial charge in [0.25, 0.3) is 0 Å². The second kappa shape index (κ2) is 45.4. The van der Waals surface area contributed by atoms with E-state index in [9.17, 15) is 64.3 Å². The van der Waals surface area contributed by atoms with E-state index in [0.29, 0.717) is 51.7 Å². The summed E-state index contributed by atoms with van der Waals surface area (Å²) in [7, 11) is 0. The first kappa shape index (κ1) is 86.8. The molecule has 0 heterocycles. The van der Waals surface area contributed by atoms with Crippen LogP contribution < -0.4 is 0 Å². The van der Waals surface area contributed by atoms with Crippen LogP contribution in [0.25, 0.3) is 0 Å². The minimum atomic E-state index is -4.47. The van der Waals surface area contributed by atoms with Gasteiger partial charge in [-0.05, 0) is 143 Å². The molecule has 84 heavy (non-hydrogen) atoms. The maximum Gasteiger partial charge on any atom is 0.422 e. The summed E-state index contributed by atoms with van der Waals surface area (Å²) in [6, 6.07) is 0. The average Bonchev–Trinajstić information content (AvgIpc) is 3.36. The van der Waals surface area contributed by atoms with Crippen LogP contribution in [0.1, 0.15) is 188 Å². The highest BCUT2D eigenvalue weighted by atomic mass is 19.4. The van der Waals surface area contributed by atoms with Crippen LogP contribution in [0, 0.1) is 23.2 Å². The predicted molar refractivity (Wildman–Crippen MR) is 314 cm³/mol. The first-order valence-electron chi connectivity index (χ1n) is 27.8. The standard InChI is InChI=1S/C14H24O2.C11H20O2.C10H16O2.C8H14O2.C7H8F4O2.C7H12O2.C6H7F3O2/c1-10(2)13(15)16-12-8-6-11(7-9-12)14(3,4)5;1-7(2)10(8(3)4)13-11(12)9(5)6;1-8(2)10(11)12-9-6-4-3-5-7-9;1-4-5-6-10-8(9)7(2)3;1-4(2)5(12)13-3-7(10,11)6(8)9;1-5(2)7(8)9-6(3)4;1-4(2)5(10)11-3-6(7,8)9/h11-12H,1,6-9H2,2-5H3;7-8,10H,5H2,1-4,6H3;9H,1,3-7H2,2H3;2,4-6H2,1,3H3;6H,1,3H2,2H3;6H,1H2,2-4H3;1,3H2,2H3. The molecule has 0 aromatic rings. The summed E-state index contributed by atoms with van der Waals surface area (Å²) in [4.78, 5) is 75.9. The molecule has 0 spiro atoms. The minimum absolute atomic E-state index is 0.0100. The number of carbonyl (C=O) groups excluding carboxylic acids is 7. The third-order valence-electron chi connectivity index (χ3n) is 11.2. The molecule has 0 unspecified atom stereocenters. The molecule has 21 heteroatoms. The van der Waals surface area contributed by atoms with E-state index in [1.807, 2.05) is 0 Å². The number of halogens is 7. The normalized spacial score (nSPS) is 14.7. The van der Waals surface area contributed by atoms with Gasteiger partial charge in [-0.25, -0.2) is 42.3 Å². The Hall–Kier alpha value is -6.02. The first-order chi connectivity index (χ1) is 38.2. The lowest BCUT2D eigenvalue weighted by Gasteiger charge is -2.36. The second-order valence-electron chi connectivity index (χ2n) is 22.5. The fourth-order valence-electron chi connectivity index (χ4n) is 6.37. The molecule has 0 aliphatic heterocycles. The predicted octanol–water partition coefficient (Wildman–Crippen LogP) is 16.0. The zero-order chi connectivity index (χ0) is 67.1. The van der Waals surface area contributed by atoms with E-state index in [2.05, 4.69) is 111 Å². The molecule has 0 N–H and O–H groups in total. The highest BCUT2D eigenvalue weighted by Crippen LogP contribution is 2.38. The minimum Gasteiger partial charge on any atom is -0.462 e. The van der Waals surface area contributed by atoms with Crippen LogP contribution in [0.5, 0.6) is 0 Å². The number of carbonyl (C=O) groups is 7. The SMILES string of the molecule is C=C(C)C(=O)OC(C(C)C)C(C)C.C=C(C)C(=O)OC(C)C.C=C(C)C(=O)OC1CCC(C(C)(C)C)CC1.C=C(C)C(=O)OC1CCCCC1.C=C(C)C(=O)OCC(F)(F)C(F)F.C=C(C)C(=O)OCC(F)(F)F.C=C(C)C(=O)OCCCC. The maximum absolute atomic E-state index is 12.1. The third kappa shape index (κ3) is 49.4. The zero-order valence-electron chi connectivity index (χ0n) is 53.3. The summed E-state index contributed by atoms with van der Waals surface area (Å²) in [5.41, 5.74) is 2.59. The molecule has 0 atom stereocenters. The number of hydrogen-bond acceptors (Lipinski definition) is 14. The van der Waals surface area contributed by atoms with Crippen molar-refractivity contribution in [2.45, 2.75) is 231 Å². The number of unbranched alkanes of at least 4 members (excludes halogenated alkanes) is 1. The molecule has 2 rings (SSSR count). The molecule has 0 amide bonds. The number of ether oxygens (including phenoxy) is 7. The van der Waals surface area contributed by atoms with Crippen molar-refractivity contribution in [3.05, 3.63) is 85.1 Å². The Labute approximate surface area is 497 Å². The van der Waals surface area contributed by atoms with Crippen LogP contribution in [-0.2, 0) is 66.7 Å². The summed E-state index contributed by atoms with van der Waals surface area (Å²) in [5.74, 6) is -6.33. The largest absolute Gasteiger partial charge is 0.462 e. The highest BCUT2D eigenvalue weighted by Gasteiger charge is 2.42. The Morgan fingerprint density at radius 2 is 0.798 bits per heavy atom. The summed E-state index contributed by atoms with van der Waals surface area (Å²) < 4.78 is 114. The van der Waals surface area contributed by atoms with E-state index in [1.165, 1.54) is 33.1 Å². The molecule has 0 aromatic heterocycles.